The minimum atomic E-state index is -0.105. The van der Waals surface area contributed by atoms with Crippen molar-refractivity contribution in [2.75, 3.05) is 11.9 Å². The lowest BCUT2D eigenvalue weighted by atomic mass is 9.94. The first-order chi connectivity index (χ1) is 13.1. The molecule has 0 saturated heterocycles. The molecule has 1 aromatic carbocycles. The van der Waals surface area contributed by atoms with Crippen LogP contribution in [0.1, 0.15) is 78.5 Å². The lowest BCUT2D eigenvalue weighted by Gasteiger charge is -2.19. The van der Waals surface area contributed by atoms with Crippen molar-refractivity contribution in [2.24, 2.45) is 0 Å². The Bertz CT molecular complexity index is 861. The van der Waals surface area contributed by atoms with Gasteiger partial charge in [-0.3, -0.25) is 4.79 Å². The zero-order valence-electron chi connectivity index (χ0n) is 16.0. The van der Waals surface area contributed by atoms with Crippen molar-refractivity contribution >= 4 is 11.7 Å². The van der Waals surface area contributed by atoms with E-state index >= 15 is 0 Å². The fraction of sp³-hybridized carbons (Fsp3) is 0.455. The molecule has 0 radical (unpaired) electrons. The van der Waals surface area contributed by atoms with Gasteiger partial charge >= 0.3 is 0 Å². The highest BCUT2D eigenvalue weighted by Gasteiger charge is 2.29. The van der Waals surface area contributed by atoms with E-state index in [1.54, 1.807) is 23.2 Å². The Morgan fingerprint density at radius 2 is 2.07 bits per heavy atom. The SMILES string of the molecule is CCN1Cc2c(ccnc2NC(C)c2ccc(C3CCCC3)c(F)c2)C1=O. The van der Waals surface area contributed by atoms with Crippen LogP contribution < -0.4 is 5.32 Å². The Hall–Kier alpha value is -2.43. The van der Waals surface area contributed by atoms with Gasteiger partial charge in [-0.25, -0.2) is 9.37 Å². The first-order valence-corrected chi connectivity index (χ1v) is 9.91. The van der Waals surface area contributed by atoms with Crippen LogP contribution in [0.25, 0.3) is 0 Å². The van der Waals surface area contributed by atoms with Gasteiger partial charge in [-0.1, -0.05) is 25.0 Å². The molecule has 1 N–H and O–H groups in total. The Kier molecular flexibility index (Phi) is 4.85. The zero-order valence-corrected chi connectivity index (χ0v) is 16.0. The van der Waals surface area contributed by atoms with Crippen molar-refractivity contribution in [3.63, 3.8) is 0 Å². The number of halogens is 1. The summed E-state index contributed by atoms with van der Waals surface area (Å²) in [5, 5.41) is 3.38. The van der Waals surface area contributed by atoms with Crippen molar-refractivity contribution in [3.05, 3.63) is 58.5 Å². The summed E-state index contributed by atoms with van der Waals surface area (Å²) in [6, 6.07) is 7.30. The Balaban J connectivity index is 1.54. The van der Waals surface area contributed by atoms with Crippen LogP contribution in [-0.2, 0) is 6.54 Å². The smallest absolute Gasteiger partial charge is 0.254 e. The summed E-state index contributed by atoms with van der Waals surface area (Å²) in [6.07, 6.45) is 6.23. The first kappa shape index (κ1) is 18.0. The van der Waals surface area contributed by atoms with E-state index in [2.05, 4.69) is 10.3 Å². The molecule has 0 bridgehead atoms. The highest BCUT2D eigenvalue weighted by Crippen LogP contribution is 2.36. The number of pyridine rings is 1. The highest BCUT2D eigenvalue weighted by molar-refractivity contribution is 5.99. The molecule has 1 fully saturated rings. The summed E-state index contributed by atoms with van der Waals surface area (Å²) < 4.78 is 14.7. The van der Waals surface area contributed by atoms with Gasteiger partial charge in [-0.05, 0) is 55.9 Å². The highest BCUT2D eigenvalue weighted by atomic mass is 19.1. The number of fused-ring (bicyclic) bond motifs is 1. The third-order valence-electron chi connectivity index (χ3n) is 5.98. The molecule has 142 valence electrons. The Morgan fingerprint density at radius 1 is 1.30 bits per heavy atom. The van der Waals surface area contributed by atoms with E-state index in [-0.39, 0.29) is 17.8 Å². The van der Waals surface area contributed by atoms with Gasteiger partial charge in [0.1, 0.15) is 11.6 Å². The van der Waals surface area contributed by atoms with E-state index in [0.29, 0.717) is 30.4 Å². The predicted molar refractivity (Wildman–Crippen MR) is 104 cm³/mol. The van der Waals surface area contributed by atoms with Crippen molar-refractivity contribution in [1.82, 2.24) is 9.88 Å². The molecule has 0 spiro atoms. The van der Waals surface area contributed by atoms with Gasteiger partial charge in [-0.15, -0.1) is 0 Å². The predicted octanol–water partition coefficient (Wildman–Crippen LogP) is 5.03. The van der Waals surface area contributed by atoms with E-state index in [1.165, 1.54) is 12.8 Å². The van der Waals surface area contributed by atoms with Crippen molar-refractivity contribution in [3.8, 4) is 0 Å². The number of carbonyl (C=O) groups excluding carboxylic acids is 1. The van der Waals surface area contributed by atoms with E-state index in [0.717, 1.165) is 29.5 Å². The van der Waals surface area contributed by atoms with Crippen LogP contribution in [0.15, 0.2) is 30.5 Å². The number of amides is 1. The van der Waals surface area contributed by atoms with Gasteiger partial charge in [0, 0.05) is 23.9 Å². The molecule has 1 aliphatic heterocycles. The van der Waals surface area contributed by atoms with Crippen LogP contribution >= 0.6 is 0 Å². The summed E-state index contributed by atoms with van der Waals surface area (Å²) in [5.74, 6) is 1.03. The van der Waals surface area contributed by atoms with Crippen LogP contribution in [0.4, 0.5) is 10.2 Å². The number of anilines is 1. The van der Waals surface area contributed by atoms with Gasteiger partial charge < -0.3 is 10.2 Å². The van der Waals surface area contributed by atoms with Crippen LogP contribution in [0.2, 0.25) is 0 Å². The minimum Gasteiger partial charge on any atom is -0.363 e. The molecule has 2 aliphatic rings. The molecule has 1 saturated carbocycles. The molecule has 1 amide bonds. The second-order valence-electron chi connectivity index (χ2n) is 7.63. The molecule has 2 aromatic rings. The largest absolute Gasteiger partial charge is 0.363 e. The molecule has 4 nitrogen and oxygen atoms in total. The molecule has 4 rings (SSSR count). The summed E-state index contributed by atoms with van der Waals surface area (Å²) in [5.41, 5.74) is 3.39. The fourth-order valence-corrected chi connectivity index (χ4v) is 4.33. The van der Waals surface area contributed by atoms with Crippen molar-refractivity contribution < 1.29 is 9.18 Å². The lowest BCUT2D eigenvalue weighted by Crippen LogP contribution is -2.22. The van der Waals surface area contributed by atoms with E-state index in [9.17, 15) is 9.18 Å². The fourth-order valence-electron chi connectivity index (χ4n) is 4.33. The minimum absolute atomic E-state index is 0.0533. The Labute approximate surface area is 159 Å². The molecular formula is C22H26FN3O. The standard InChI is InChI=1S/C22H26FN3O/c1-3-26-13-19-18(22(26)27)10-11-24-21(19)25-14(2)16-8-9-17(20(23)12-16)15-6-4-5-7-15/h8-12,14-15H,3-7,13H2,1-2H3,(H,24,25). The molecule has 1 atom stereocenters. The second kappa shape index (κ2) is 7.29. The molecule has 1 aromatic heterocycles. The zero-order chi connectivity index (χ0) is 19.0. The third kappa shape index (κ3) is 3.31. The van der Waals surface area contributed by atoms with E-state index in [4.69, 9.17) is 0 Å². The third-order valence-corrected chi connectivity index (χ3v) is 5.98. The number of hydrogen-bond acceptors (Lipinski definition) is 3. The summed E-state index contributed by atoms with van der Waals surface area (Å²) >= 11 is 0. The van der Waals surface area contributed by atoms with Crippen LogP contribution in [0.5, 0.6) is 0 Å². The van der Waals surface area contributed by atoms with Crippen LogP contribution in [0.3, 0.4) is 0 Å². The molecule has 1 aliphatic carbocycles. The quantitative estimate of drug-likeness (QED) is 0.806. The van der Waals surface area contributed by atoms with Gasteiger partial charge in [0.2, 0.25) is 0 Å². The maximum atomic E-state index is 14.7. The summed E-state index contributed by atoms with van der Waals surface area (Å²) in [7, 11) is 0. The maximum absolute atomic E-state index is 14.7. The average molecular weight is 367 g/mol. The van der Waals surface area contributed by atoms with E-state index in [1.807, 2.05) is 26.0 Å². The number of nitrogens with one attached hydrogen (secondary N) is 1. The molecule has 1 unspecified atom stereocenters. The van der Waals surface area contributed by atoms with Gasteiger partial charge in [-0.2, -0.15) is 0 Å². The van der Waals surface area contributed by atoms with Gasteiger partial charge in [0.25, 0.3) is 5.91 Å². The summed E-state index contributed by atoms with van der Waals surface area (Å²) in [4.78, 5) is 18.6. The molecule has 5 heteroatoms. The Morgan fingerprint density at radius 3 is 2.78 bits per heavy atom. The average Bonchev–Trinajstić information content (AvgIpc) is 3.30. The van der Waals surface area contributed by atoms with Crippen molar-refractivity contribution in [2.45, 2.75) is 58.0 Å². The van der Waals surface area contributed by atoms with E-state index < -0.39 is 0 Å². The van der Waals surface area contributed by atoms with Gasteiger partial charge in [0.05, 0.1) is 12.6 Å². The summed E-state index contributed by atoms with van der Waals surface area (Å²) in [6.45, 7) is 5.22. The number of aromatic nitrogens is 1. The second-order valence-corrected chi connectivity index (χ2v) is 7.63. The molecular weight excluding hydrogens is 341 g/mol. The number of benzene rings is 1. The number of carbonyl (C=O) groups is 1. The maximum Gasteiger partial charge on any atom is 0.254 e. The first-order valence-electron chi connectivity index (χ1n) is 9.91. The number of rotatable bonds is 5. The topological polar surface area (TPSA) is 45.2 Å². The van der Waals surface area contributed by atoms with Gasteiger partial charge in [0.15, 0.2) is 0 Å². The van der Waals surface area contributed by atoms with Crippen LogP contribution in [-0.4, -0.2) is 22.3 Å². The lowest BCUT2D eigenvalue weighted by molar-refractivity contribution is 0.0787. The van der Waals surface area contributed by atoms with Crippen LogP contribution in [0, 0.1) is 5.82 Å². The molecule has 27 heavy (non-hydrogen) atoms. The number of hydrogen-bond donors (Lipinski definition) is 1. The normalized spacial score (nSPS) is 18.0. The van der Waals surface area contributed by atoms with Crippen molar-refractivity contribution in [1.29, 1.82) is 0 Å². The number of nitrogens with zero attached hydrogens (tertiary/aromatic N) is 2. The molecule has 2 heterocycles. The monoisotopic (exact) mass is 367 g/mol.